The van der Waals surface area contributed by atoms with Crippen molar-refractivity contribution in [1.29, 1.82) is 0 Å². The summed E-state index contributed by atoms with van der Waals surface area (Å²) in [5.41, 5.74) is 0. The number of carbonyl (C=O) groups excluding carboxylic acids is 1. The van der Waals surface area contributed by atoms with Crippen LogP contribution in [0, 0.1) is 11.8 Å². The summed E-state index contributed by atoms with van der Waals surface area (Å²) in [7, 11) is 0. The van der Waals surface area contributed by atoms with Gasteiger partial charge in [0, 0.05) is 25.6 Å². The van der Waals surface area contributed by atoms with Crippen LogP contribution in [-0.2, 0) is 4.79 Å². The van der Waals surface area contributed by atoms with Crippen molar-refractivity contribution in [3.63, 3.8) is 0 Å². The van der Waals surface area contributed by atoms with Gasteiger partial charge in [-0.05, 0) is 44.1 Å². The van der Waals surface area contributed by atoms with Gasteiger partial charge in [-0.15, -0.1) is 0 Å². The first-order valence-corrected chi connectivity index (χ1v) is 7.72. The summed E-state index contributed by atoms with van der Waals surface area (Å²) in [6.45, 7) is 7.59. The van der Waals surface area contributed by atoms with E-state index < -0.39 is 0 Å². The second-order valence-corrected chi connectivity index (χ2v) is 6.17. The van der Waals surface area contributed by atoms with E-state index in [4.69, 9.17) is 0 Å². The van der Waals surface area contributed by atoms with Gasteiger partial charge in [-0.2, -0.15) is 0 Å². The standard InChI is InChI=1S/C15H28N2O/c1-3-5-13-7-9-17(11-13)15(18)10-14-12(2)6-4-8-16-14/h12-14,16H,3-11H2,1-2H3. The molecule has 2 aliphatic heterocycles. The molecule has 18 heavy (non-hydrogen) atoms. The zero-order chi connectivity index (χ0) is 13.0. The summed E-state index contributed by atoms with van der Waals surface area (Å²) in [6, 6.07) is 0.413. The van der Waals surface area contributed by atoms with E-state index in [9.17, 15) is 4.79 Å². The average Bonchev–Trinajstić information content (AvgIpc) is 2.81. The summed E-state index contributed by atoms with van der Waals surface area (Å²) in [5.74, 6) is 1.78. The molecular formula is C15H28N2O. The average molecular weight is 252 g/mol. The van der Waals surface area contributed by atoms with Crippen LogP contribution >= 0.6 is 0 Å². The van der Waals surface area contributed by atoms with E-state index in [1.165, 1.54) is 32.1 Å². The van der Waals surface area contributed by atoms with Gasteiger partial charge in [0.25, 0.3) is 0 Å². The number of nitrogens with zero attached hydrogens (tertiary/aromatic N) is 1. The molecule has 3 atom stereocenters. The Morgan fingerprint density at radius 1 is 1.39 bits per heavy atom. The Morgan fingerprint density at radius 2 is 2.22 bits per heavy atom. The van der Waals surface area contributed by atoms with E-state index in [1.807, 2.05) is 0 Å². The molecule has 0 aliphatic carbocycles. The largest absolute Gasteiger partial charge is 0.342 e. The third kappa shape index (κ3) is 3.47. The molecule has 104 valence electrons. The highest BCUT2D eigenvalue weighted by molar-refractivity contribution is 5.77. The lowest BCUT2D eigenvalue weighted by Crippen LogP contribution is -2.44. The number of hydrogen-bond acceptors (Lipinski definition) is 2. The molecule has 0 saturated carbocycles. The van der Waals surface area contributed by atoms with Gasteiger partial charge in [-0.25, -0.2) is 0 Å². The van der Waals surface area contributed by atoms with Crippen LogP contribution in [0.3, 0.4) is 0 Å². The highest BCUT2D eigenvalue weighted by Crippen LogP contribution is 2.23. The Bertz CT molecular complexity index is 280. The van der Waals surface area contributed by atoms with Crippen LogP contribution in [0.15, 0.2) is 0 Å². The van der Waals surface area contributed by atoms with Crippen LogP contribution in [0.4, 0.5) is 0 Å². The predicted octanol–water partition coefficient (Wildman–Crippen LogP) is 2.41. The van der Waals surface area contributed by atoms with Gasteiger partial charge in [0.1, 0.15) is 0 Å². The first kappa shape index (κ1) is 13.9. The molecule has 2 fully saturated rings. The van der Waals surface area contributed by atoms with E-state index in [2.05, 4.69) is 24.1 Å². The minimum atomic E-state index is 0.375. The van der Waals surface area contributed by atoms with Crippen molar-refractivity contribution in [1.82, 2.24) is 10.2 Å². The highest BCUT2D eigenvalue weighted by atomic mass is 16.2. The topological polar surface area (TPSA) is 32.3 Å². The summed E-state index contributed by atoms with van der Waals surface area (Å²) in [6.07, 6.45) is 6.97. The molecule has 0 aromatic rings. The molecule has 3 nitrogen and oxygen atoms in total. The molecule has 2 heterocycles. The molecule has 0 spiro atoms. The maximum atomic E-state index is 12.3. The Hall–Kier alpha value is -0.570. The van der Waals surface area contributed by atoms with Crippen molar-refractivity contribution in [3.8, 4) is 0 Å². The Kier molecular flexibility index (Phi) is 5.04. The molecule has 1 amide bonds. The van der Waals surface area contributed by atoms with E-state index in [0.29, 0.717) is 24.3 Å². The van der Waals surface area contributed by atoms with E-state index in [-0.39, 0.29) is 0 Å². The molecule has 1 N–H and O–H groups in total. The molecular weight excluding hydrogens is 224 g/mol. The number of nitrogens with one attached hydrogen (secondary N) is 1. The molecule has 2 aliphatic rings. The van der Waals surface area contributed by atoms with Gasteiger partial charge in [-0.1, -0.05) is 20.3 Å². The normalized spacial score (nSPS) is 32.8. The smallest absolute Gasteiger partial charge is 0.224 e. The van der Waals surface area contributed by atoms with Gasteiger partial charge in [0.15, 0.2) is 0 Å². The summed E-state index contributed by atoms with van der Waals surface area (Å²) in [5, 5.41) is 3.51. The Balaban J connectivity index is 1.77. The quantitative estimate of drug-likeness (QED) is 0.833. The minimum absolute atomic E-state index is 0.375. The van der Waals surface area contributed by atoms with Crippen LogP contribution in [0.5, 0.6) is 0 Å². The number of hydrogen-bond donors (Lipinski definition) is 1. The van der Waals surface area contributed by atoms with Crippen molar-refractivity contribution >= 4 is 5.91 Å². The zero-order valence-corrected chi connectivity index (χ0v) is 12.0. The number of amides is 1. The van der Waals surface area contributed by atoms with Gasteiger partial charge in [0.2, 0.25) is 5.91 Å². The first-order valence-electron chi connectivity index (χ1n) is 7.72. The third-order valence-electron chi connectivity index (χ3n) is 4.66. The van der Waals surface area contributed by atoms with Crippen molar-refractivity contribution in [3.05, 3.63) is 0 Å². The van der Waals surface area contributed by atoms with Gasteiger partial charge < -0.3 is 10.2 Å². The lowest BCUT2D eigenvalue weighted by Gasteiger charge is -2.31. The van der Waals surface area contributed by atoms with Crippen LogP contribution in [0.2, 0.25) is 0 Å². The van der Waals surface area contributed by atoms with Crippen molar-refractivity contribution < 1.29 is 4.79 Å². The number of rotatable bonds is 4. The Morgan fingerprint density at radius 3 is 2.94 bits per heavy atom. The maximum absolute atomic E-state index is 12.3. The van der Waals surface area contributed by atoms with Crippen molar-refractivity contribution in [2.45, 2.75) is 58.4 Å². The molecule has 0 aromatic heterocycles. The van der Waals surface area contributed by atoms with Crippen molar-refractivity contribution in [2.24, 2.45) is 11.8 Å². The van der Waals surface area contributed by atoms with E-state index >= 15 is 0 Å². The molecule has 2 saturated heterocycles. The van der Waals surface area contributed by atoms with Gasteiger partial charge >= 0.3 is 0 Å². The SMILES string of the molecule is CCCC1CCN(C(=O)CC2NCCCC2C)C1. The molecule has 0 bridgehead atoms. The predicted molar refractivity (Wildman–Crippen MR) is 74.4 cm³/mol. The van der Waals surface area contributed by atoms with Crippen LogP contribution < -0.4 is 5.32 Å². The summed E-state index contributed by atoms with van der Waals surface area (Å²) in [4.78, 5) is 14.4. The van der Waals surface area contributed by atoms with Crippen LogP contribution in [-0.4, -0.2) is 36.5 Å². The Labute approximate surface area is 111 Å². The second-order valence-electron chi connectivity index (χ2n) is 6.17. The molecule has 0 aromatic carbocycles. The van der Waals surface area contributed by atoms with E-state index in [1.54, 1.807) is 0 Å². The lowest BCUT2D eigenvalue weighted by atomic mass is 9.90. The van der Waals surface area contributed by atoms with Crippen molar-refractivity contribution in [2.75, 3.05) is 19.6 Å². The third-order valence-corrected chi connectivity index (χ3v) is 4.66. The lowest BCUT2D eigenvalue weighted by molar-refractivity contribution is -0.131. The first-order chi connectivity index (χ1) is 8.70. The van der Waals surface area contributed by atoms with Crippen LogP contribution in [0.1, 0.15) is 52.4 Å². The highest BCUT2D eigenvalue weighted by Gasteiger charge is 2.29. The molecule has 0 radical (unpaired) electrons. The van der Waals surface area contributed by atoms with E-state index in [0.717, 1.165) is 25.6 Å². The molecule has 3 unspecified atom stereocenters. The number of carbonyl (C=O) groups is 1. The monoisotopic (exact) mass is 252 g/mol. The second kappa shape index (κ2) is 6.55. The summed E-state index contributed by atoms with van der Waals surface area (Å²) < 4.78 is 0. The fraction of sp³-hybridized carbons (Fsp3) is 0.933. The zero-order valence-electron chi connectivity index (χ0n) is 12.0. The number of likely N-dealkylation sites (tertiary alicyclic amines) is 1. The maximum Gasteiger partial charge on any atom is 0.224 e. The molecule has 3 heteroatoms. The van der Waals surface area contributed by atoms with Gasteiger partial charge in [0.05, 0.1) is 0 Å². The fourth-order valence-corrected chi connectivity index (χ4v) is 3.41. The molecule has 2 rings (SSSR count). The van der Waals surface area contributed by atoms with Gasteiger partial charge in [-0.3, -0.25) is 4.79 Å². The van der Waals surface area contributed by atoms with Crippen LogP contribution in [0.25, 0.3) is 0 Å². The number of piperidine rings is 1. The fourth-order valence-electron chi connectivity index (χ4n) is 3.41. The minimum Gasteiger partial charge on any atom is -0.342 e. The summed E-state index contributed by atoms with van der Waals surface area (Å²) >= 11 is 0.